The lowest BCUT2D eigenvalue weighted by atomic mass is 9.82. The summed E-state index contributed by atoms with van der Waals surface area (Å²) in [6.07, 6.45) is 1.97. The zero-order chi connectivity index (χ0) is 18.0. The molecule has 0 aliphatic carbocycles. The molecule has 0 unspecified atom stereocenters. The van der Waals surface area contributed by atoms with Crippen LogP contribution in [0.15, 0.2) is 53.6 Å². The van der Waals surface area contributed by atoms with Crippen LogP contribution in [0.4, 0.5) is 11.4 Å². The lowest BCUT2D eigenvalue weighted by Gasteiger charge is -2.16. The van der Waals surface area contributed by atoms with Crippen LogP contribution in [0.3, 0.4) is 0 Å². The quantitative estimate of drug-likeness (QED) is 0.449. The number of hydrazone groups is 1. The van der Waals surface area contributed by atoms with Crippen molar-refractivity contribution in [3.63, 3.8) is 0 Å². The maximum absolute atomic E-state index is 5.49. The van der Waals surface area contributed by atoms with Crippen molar-refractivity contribution in [3.05, 3.63) is 54.1 Å². The molecule has 5 heteroatoms. The molecule has 0 aromatic heterocycles. The fourth-order valence-electron chi connectivity index (χ4n) is 3.36. The molecule has 1 aliphatic rings. The van der Waals surface area contributed by atoms with E-state index in [0.29, 0.717) is 6.61 Å². The van der Waals surface area contributed by atoms with E-state index >= 15 is 0 Å². The highest BCUT2D eigenvalue weighted by molar-refractivity contribution is 6.33. The smallest absolute Gasteiger partial charge is 0.212 e. The molecule has 26 heavy (non-hydrogen) atoms. The SMILES string of the molecule is CCOc1ccc(N(C)/N=C/C2=[N+](C)c3ccccc3C2(C)C)cc1.[Cl-]. The van der Waals surface area contributed by atoms with Gasteiger partial charge in [0.25, 0.3) is 0 Å². The third-order valence-electron chi connectivity index (χ3n) is 4.82. The predicted molar refractivity (Wildman–Crippen MR) is 105 cm³/mol. The molecule has 2 aromatic carbocycles. The van der Waals surface area contributed by atoms with Crippen LogP contribution in [0.25, 0.3) is 0 Å². The van der Waals surface area contributed by atoms with Gasteiger partial charge in [-0.25, -0.2) is 0 Å². The number of anilines is 1. The van der Waals surface area contributed by atoms with Gasteiger partial charge >= 0.3 is 0 Å². The topological polar surface area (TPSA) is 27.8 Å². The second-order valence-electron chi connectivity index (χ2n) is 6.78. The summed E-state index contributed by atoms with van der Waals surface area (Å²) >= 11 is 0. The predicted octanol–water partition coefficient (Wildman–Crippen LogP) is 1.22. The summed E-state index contributed by atoms with van der Waals surface area (Å²) in [7, 11) is 4.06. The Bertz CT molecular complexity index is 825. The normalized spacial score (nSPS) is 15.0. The van der Waals surface area contributed by atoms with Gasteiger partial charge in [0, 0.05) is 18.7 Å². The Labute approximate surface area is 162 Å². The van der Waals surface area contributed by atoms with E-state index in [1.807, 2.05) is 49.5 Å². The highest BCUT2D eigenvalue weighted by Gasteiger charge is 2.43. The summed E-state index contributed by atoms with van der Waals surface area (Å²) in [5, 5.41) is 6.55. The van der Waals surface area contributed by atoms with Gasteiger partial charge in [-0.05, 0) is 45.0 Å². The molecule has 0 radical (unpaired) electrons. The van der Waals surface area contributed by atoms with Gasteiger partial charge in [0.05, 0.1) is 17.7 Å². The van der Waals surface area contributed by atoms with E-state index in [9.17, 15) is 0 Å². The highest BCUT2D eigenvalue weighted by atomic mass is 35.5. The van der Waals surface area contributed by atoms with Crippen LogP contribution in [0.2, 0.25) is 0 Å². The zero-order valence-corrected chi connectivity index (χ0v) is 16.8. The van der Waals surface area contributed by atoms with Gasteiger partial charge in [0.1, 0.15) is 19.0 Å². The Morgan fingerprint density at radius 3 is 2.38 bits per heavy atom. The van der Waals surface area contributed by atoms with Crippen LogP contribution < -0.4 is 22.2 Å². The van der Waals surface area contributed by atoms with Crippen LogP contribution in [0, 0.1) is 0 Å². The molecule has 0 amide bonds. The molecular formula is C21H26ClN3O. The number of ether oxygens (including phenoxy) is 1. The number of benzene rings is 2. The van der Waals surface area contributed by atoms with Gasteiger partial charge < -0.3 is 17.1 Å². The molecule has 2 aromatic rings. The summed E-state index contributed by atoms with van der Waals surface area (Å²) in [4.78, 5) is 0. The Morgan fingerprint density at radius 2 is 1.77 bits per heavy atom. The van der Waals surface area contributed by atoms with Crippen molar-refractivity contribution in [2.75, 3.05) is 25.7 Å². The lowest BCUT2D eigenvalue weighted by molar-refractivity contribution is -0.400. The first kappa shape index (κ1) is 20.0. The standard InChI is InChI=1S/C21H26N3O.ClH/c1-6-25-17-13-11-16(12-14-17)24(5)22-15-20-21(2,3)18-9-7-8-10-19(18)23(20)4;/h7-15H,6H2,1-5H3;1H/q+1;/p-1. The number of hydrogen-bond donors (Lipinski definition) is 0. The molecule has 0 atom stereocenters. The molecule has 0 fully saturated rings. The molecular weight excluding hydrogens is 346 g/mol. The molecule has 0 spiro atoms. The lowest BCUT2D eigenvalue weighted by Crippen LogP contribution is -3.00. The average molecular weight is 372 g/mol. The zero-order valence-electron chi connectivity index (χ0n) is 16.0. The first-order chi connectivity index (χ1) is 11.9. The van der Waals surface area contributed by atoms with Crippen molar-refractivity contribution in [2.45, 2.75) is 26.2 Å². The minimum absolute atomic E-state index is 0. The van der Waals surface area contributed by atoms with Crippen molar-refractivity contribution in [2.24, 2.45) is 5.10 Å². The maximum atomic E-state index is 5.49. The number of rotatable bonds is 5. The molecule has 0 N–H and O–H groups in total. The van der Waals surface area contributed by atoms with E-state index < -0.39 is 0 Å². The summed E-state index contributed by atoms with van der Waals surface area (Å²) in [5.74, 6) is 0.880. The van der Waals surface area contributed by atoms with Crippen molar-refractivity contribution >= 4 is 23.3 Å². The monoisotopic (exact) mass is 371 g/mol. The molecule has 0 saturated carbocycles. The Balaban J connectivity index is 0.00000243. The van der Waals surface area contributed by atoms with Gasteiger partial charge in [-0.15, -0.1) is 0 Å². The maximum Gasteiger partial charge on any atom is 0.212 e. The molecule has 1 aliphatic heterocycles. The second-order valence-corrected chi connectivity index (χ2v) is 6.78. The van der Waals surface area contributed by atoms with Gasteiger partial charge in [-0.1, -0.05) is 18.2 Å². The highest BCUT2D eigenvalue weighted by Crippen LogP contribution is 2.38. The van der Waals surface area contributed by atoms with Crippen LogP contribution in [-0.4, -0.2) is 37.2 Å². The van der Waals surface area contributed by atoms with Crippen molar-refractivity contribution in [1.82, 2.24) is 0 Å². The second kappa shape index (κ2) is 7.92. The van der Waals surface area contributed by atoms with Crippen molar-refractivity contribution in [3.8, 4) is 5.75 Å². The van der Waals surface area contributed by atoms with Gasteiger partial charge in [-0.2, -0.15) is 9.68 Å². The van der Waals surface area contributed by atoms with E-state index in [-0.39, 0.29) is 17.8 Å². The molecule has 1 heterocycles. The number of para-hydroxylation sites is 1. The molecule has 0 saturated heterocycles. The Kier molecular flexibility index (Phi) is 6.09. The molecule has 4 nitrogen and oxygen atoms in total. The third kappa shape index (κ3) is 3.61. The summed E-state index contributed by atoms with van der Waals surface area (Å²) < 4.78 is 7.72. The molecule has 138 valence electrons. The largest absolute Gasteiger partial charge is 1.00 e. The number of hydrogen-bond acceptors (Lipinski definition) is 3. The van der Waals surface area contributed by atoms with E-state index in [2.05, 4.69) is 54.8 Å². The minimum atomic E-state index is -0.0610. The van der Waals surface area contributed by atoms with Crippen LogP contribution in [-0.2, 0) is 5.41 Å². The van der Waals surface area contributed by atoms with Crippen LogP contribution in [0.5, 0.6) is 5.75 Å². The Morgan fingerprint density at radius 1 is 1.12 bits per heavy atom. The molecule has 0 bridgehead atoms. The fraction of sp³-hybridized carbons (Fsp3) is 0.333. The molecule has 3 rings (SSSR count). The van der Waals surface area contributed by atoms with E-state index in [0.717, 1.165) is 11.4 Å². The van der Waals surface area contributed by atoms with Crippen LogP contribution in [0.1, 0.15) is 26.3 Å². The van der Waals surface area contributed by atoms with E-state index in [1.54, 1.807) is 0 Å². The van der Waals surface area contributed by atoms with Crippen LogP contribution >= 0.6 is 0 Å². The fourth-order valence-corrected chi connectivity index (χ4v) is 3.36. The van der Waals surface area contributed by atoms with Crippen molar-refractivity contribution < 1.29 is 21.7 Å². The van der Waals surface area contributed by atoms with E-state index in [1.165, 1.54) is 17.0 Å². The third-order valence-corrected chi connectivity index (χ3v) is 4.82. The summed E-state index contributed by atoms with van der Waals surface area (Å²) in [6, 6.07) is 16.5. The van der Waals surface area contributed by atoms with Crippen molar-refractivity contribution in [1.29, 1.82) is 0 Å². The van der Waals surface area contributed by atoms with Gasteiger partial charge in [0.15, 0.2) is 0 Å². The minimum Gasteiger partial charge on any atom is -1.00 e. The first-order valence-corrected chi connectivity index (χ1v) is 8.66. The number of halogens is 1. The van der Waals surface area contributed by atoms with Gasteiger partial charge in [0.2, 0.25) is 11.4 Å². The average Bonchev–Trinajstić information content (AvgIpc) is 2.81. The first-order valence-electron chi connectivity index (χ1n) is 8.66. The number of nitrogens with zero attached hydrogens (tertiary/aromatic N) is 3. The number of fused-ring (bicyclic) bond motifs is 1. The summed E-state index contributed by atoms with van der Waals surface area (Å²) in [5.41, 5.74) is 4.73. The van der Waals surface area contributed by atoms with Gasteiger partial charge in [-0.3, -0.25) is 5.01 Å². The Hall–Kier alpha value is -2.33. The van der Waals surface area contributed by atoms with E-state index in [4.69, 9.17) is 4.74 Å². The summed E-state index contributed by atoms with van der Waals surface area (Å²) in [6.45, 7) is 7.15.